The van der Waals surface area contributed by atoms with E-state index in [2.05, 4.69) is 20.4 Å². The molecule has 0 aliphatic heterocycles. The van der Waals surface area contributed by atoms with Crippen LogP contribution in [0.5, 0.6) is 11.5 Å². The third kappa shape index (κ3) is 23.5. The smallest absolute Gasteiger partial charge is 0.333 e. The first-order valence-electron chi connectivity index (χ1n) is 17.3. The minimum absolute atomic E-state index is 0.00736. The van der Waals surface area contributed by atoms with E-state index < -0.39 is 17.2 Å². The van der Waals surface area contributed by atoms with Gasteiger partial charge in [0.15, 0.2) is 0 Å². The van der Waals surface area contributed by atoms with Crippen molar-refractivity contribution in [1.82, 2.24) is 0 Å². The van der Waals surface area contributed by atoms with Crippen LogP contribution in [-0.2, 0) is 23.9 Å². The zero-order valence-electron chi connectivity index (χ0n) is 29.2. The standard InChI is InChI=1S/C23H32O5.C17H23ClO2/c1-4-5-6-7-8-9-16-26-21-13-10-20(11-14-21)12-15-22(24)27-17-18-28-23(25)19(2)3;1-2-3-4-5-6-7-14-20-16-11-8-15(9-12-16)10-13-17(18)19/h10-15H,2,4-9,16-18H2,1,3H3;8-13H,2-7,14H2,1H3/b15-12+;13-10+. The predicted molar refractivity (Wildman–Crippen MR) is 196 cm³/mol. The number of rotatable bonds is 24. The van der Waals surface area contributed by atoms with Gasteiger partial charge in [0.25, 0.3) is 0 Å². The minimum Gasteiger partial charge on any atom is -0.494 e. The largest absolute Gasteiger partial charge is 0.494 e. The lowest BCUT2D eigenvalue weighted by Crippen LogP contribution is -2.12. The van der Waals surface area contributed by atoms with Crippen LogP contribution in [-0.4, -0.2) is 43.6 Å². The third-order valence-electron chi connectivity index (χ3n) is 7.02. The van der Waals surface area contributed by atoms with E-state index in [4.69, 9.17) is 30.5 Å². The van der Waals surface area contributed by atoms with E-state index in [1.807, 2.05) is 48.5 Å². The van der Waals surface area contributed by atoms with Gasteiger partial charge in [-0.15, -0.1) is 0 Å². The lowest BCUT2D eigenvalue weighted by Gasteiger charge is -2.06. The van der Waals surface area contributed by atoms with Gasteiger partial charge in [0.05, 0.1) is 13.2 Å². The summed E-state index contributed by atoms with van der Waals surface area (Å²) in [5.41, 5.74) is 2.12. The zero-order chi connectivity index (χ0) is 35.2. The molecule has 2 aromatic rings. The molecule has 0 aliphatic rings. The maximum atomic E-state index is 11.6. The van der Waals surface area contributed by atoms with Crippen molar-refractivity contribution in [3.63, 3.8) is 0 Å². The number of hydrogen-bond acceptors (Lipinski definition) is 7. The number of carbonyl (C=O) groups excluding carboxylic acids is 3. The summed E-state index contributed by atoms with van der Waals surface area (Å²) >= 11 is 5.24. The van der Waals surface area contributed by atoms with E-state index in [0.717, 1.165) is 48.7 Å². The van der Waals surface area contributed by atoms with Gasteiger partial charge in [0.1, 0.15) is 24.7 Å². The van der Waals surface area contributed by atoms with Crippen LogP contribution in [0.2, 0.25) is 0 Å². The van der Waals surface area contributed by atoms with Gasteiger partial charge in [0.2, 0.25) is 5.24 Å². The summed E-state index contributed by atoms with van der Waals surface area (Å²) in [4.78, 5) is 33.4. The number of esters is 2. The van der Waals surface area contributed by atoms with Crippen LogP contribution in [0.3, 0.4) is 0 Å². The summed E-state index contributed by atoms with van der Waals surface area (Å²) in [6, 6.07) is 15.2. The average Bonchev–Trinajstić information content (AvgIpc) is 3.08. The first kappa shape index (κ1) is 42.2. The van der Waals surface area contributed by atoms with Crippen molar-refractivity contribution in [2.75, 3.05) is 26.4 Å². The molecular formula is C40H55ClO7. The van der Waals surface area contributed by atoms with Gasteiger partial charge in [-0.2, -0.15) is 0 Å². The molecule has 0 fully saturated rings. The summed E-state index contributed by atoms with van der Waals surface area (Å²) in [5.74, 6) is 0.709. The van der Waals surface area contributed by atoms with Crippen molar-refractivity contribution >= 4 is 40.9 Å². The number of unbranched alkanes of at least 4 members (excludes halogenated alkanes) is 10. The molecular weight excluding hydrogens is 628 g/mol. The second-order valence-corrected chi connectivity index (χ2v) is 11.8. The monoisotopic (exact) mass is 682 g/mol. The van der Waals surface area contributed by atoms with Crippen LogP contribution in [0.1, 0.15) is 109 Å². The lowest BCUT2D eigenvalue weighted by atomic mass is 10.1. The van der Waals surface area contributed by atoms with Crippen LogP contribution in [0, 0.1) is 0 Å². The summed E-state index contributed by atoms with van der Waals surface area (Å²) in [6.45, 7) is 11.0. The summed E-state index contributed by atoms with van der Waals surface area (Å²) in [5, 5.41) is -0.464. The second kappa shape index (κ2) is 28.2. The highest BCUT2D eigenvalue weighted by Gasteiger charge is 2.04. The molecule has 0 spiro atoms. The molecule has 8 heteroatoms. The Balaban J connectivity index is 0.000000507. The third-order valence-corrected chi connectivity index (χ3v) is 7.15. The van der Waals surface area contributed by atoms with Crippen molar-refractivity contribution in [1.29, 1.82) is 0 Å². The van der Waals surface area contributed by atoms with E-state index in [-0.39, 0.29) is 13.2 Å². The molecule has 0 heterocycles. The first-order chi connectivity index (χ1) is 23.2. The average molecular weight is 683 g/mol. The maximum absolute atomic E-state index is 11.6. The minimum atomic E-state index is -0.495. The van der Waals surface area contributed by atoms with Gasteiger partial charge in [-0.3, -0.25) is 4.79 Å². The second-order valence-electron chi connectivity index (χ2n) is 11.4. The number of carbonyl (C=O) groups is 3. The van der Waals surface area contributed by atoms with Gasteiger partial charge in [-0.05, 0) is 78.9 Å². The fraction of sp³-hybridized carbons (Fsp3) is 0.475. The van der Waals surface area contributed by atoms with Gasteiger partial charge in [0, 0.05) is 11.6 Å². The van der Waals surface area contributed by atoms with E-state index in [1.54, 1.807) is 19.1 Å². The highest BCUT2D eigenvalue weighted by atomic mass is 35.5. The molecule has 0 saturated heterocycles. The fourth-order valence-electron chi connectivity index (χ4n) is 4.27. The molecule has 0 unspecified atom stereocenters. The van der Waals surface area contributed by atoms with E-state index in [1.165, 1.54) is 76.4 Å². The number of benzene rings is 2. The van der Waals surface area contributed by atoms with Crippen molar-refractivity contribution in [2.24, 2.45) is 0 Å². The van der Waals surface area contributed by atoms with Crippen molar-refractivity contribution in [3.05, 3.63) is 84.0 Å². The SMILES string of the molecule is C=C(C)C(=O)OCCOC(=O)/C=C/c1ccc(OCCCCCCCC)cc1.CCCCCCCCOc1ccc(/C=C/C(=O)Cl)cc1. The molecule has 2 aromatic carbocycles. The molecule has 264 valence electrons. The summed E-state index contributed by atoms with van der Waals surface area (Å²) in [7, 11) is 0. The Hall–Kier alpha value is -3.84. The van der Waals surface area contributed by atoms with Crippen LogP contribution in [0.25, 0.3) is 12.2 Å². The number of hydrogen-bond donors (Lipinski definition) is 0. The number of halogens is 1. The topological polar surface area (TPSA) is 88.1 Å². The molecule has 2 rings (SSSR count). The van der Waals surface area contributed by atoms with E-state index >= 15 is 0 Å². The molecule has 0 aliphatic carbocycles. The van der Waals surface area contributed by atoms with Crippen molar-refractivity contribution in [3.8, 4) is 11.5 Å². The van der Waals surface area contributed by atoms with Crippen LogP contribution in [0.15, 0.2) is 72.8 Å². The molecule has 0 saturated carbocycles. The molecule has 48 heavy (non-hydrogen) atoms. The van der Waals surface area contributed by atoms with Crippen LogP contribution in [0.4, 0.5) is 0 Å². The van der Waals surface area contributed by atoms with Gasteiger partial charge >= 0.3 is 11.9 Å². The van der Waals surface area contributed by atoms with Gasteiger partial charge in [-0.25, -0.2) is 9.59 Å². The molecule has 7 nitrogen and oxygen atoms in total. The lowest BCUT2D eigenvalue weighted by molar-refractivity contribution is -0.146. The summed E-state index contributed by atoms with van der Waals surface area (Å²) < 4.78 is 21.2. The van der Waals surface area contributed by atoms with Crippen LogP contribution >= 0.6 is 11.6 Å². The molecule has 0 N–H and O–H groups in total. The molecule has 0 amide bonds. The Morgan fingerprint density at radius 1 is 0.604 bits per heavy atom. The highest BCUT2D eigenvalue weighted by molar-refractivity contribution is 6.66. The molecule has 0 atom stereocenters. The predicted octanol–water partition coefficient (Wildman–Crippen LogP) is 10.3. The Labute approximate surface area is 293 Å². The molecule has 0 bridgehead atoms. The maximum Gasteiger partial charge on any atom is 0.333 e. The Kier molecular flexibility index (Phi) is 24.8. The zero-order valence-corrected chi connectivity index (χ0v) is 29.9. The highest BCUT2D eigenvalue weighted by Crippen LogP contribution is 2.16. The van der Waals surface area contributed by atoms with Gasteiger partial charge in [-0.1, -0.05) is 115 Å². The Bertz CT molecular complexity index is 1230. The molecule has 0 radical (unpaired) electrons. The van der Waals surface area contributed by atoms with E-state index in [0.29, 0.717) is 5.57 Å². The number of ether oxygens (including phenoxy) is 4. The fourth-order valence-corrected chi connectivity index (χ4v) is 4.33. The van der Waals surface area contributed by atoms with Gasteiger partial charge < -0.3 is 18.9 Å². The normalized spacial score (nSPS) is 10.8. The van der Waals surface area contributed by atoms with Crippen LogP contribution < -0.4 is 9.47 Å². The van der Waals surface area contributed by atoms with Crippen molar-refractivity contribution < 1.29 is 33.3 Å². The first-order valence-corrected chi connectivity index (χ1v) is 17.6. The Morgan fingerprint density at radius 2 is 1.02 bits per heavy atom. The number of allylic oxidation sites excluding steroid dienone is 1. The molecule has 0 aromatic heterocycles. The van der Waals surface area contributed by atoms with E-state index in [9.17, 15) is 14.4 Å². The Morgan fingerprint density at radius 3 is 1.46 bits per heavy atom. The van der Waals surface area contributed by atoms with Crippen molar-refractivity contribution in [2.45, 2.75) is 97.8 Å². The summed E-state index contributed by atoms with van der Waals surface area (Å²) in [6.07, 6.45) is 21.0. The quantitative estimate of drug-likeness (QED) is 0.0471.